The van der Waals surface area contributed by atoms with E-state index in [-0.39, 0.29) is 5.69 Å². The van der Waals surface area contributed by atoms with Crippen LogP contribution in [0.2, 0.25) is 5.02 Å². The number of anilines is 1. The van der Waals surface area contributed by atoms with E-state index in [1.807, 2.05) is 0 Å². The molecule has 1 atom stereocenters. The Bertz CT molecular complexity index is 715. The van der Waals surface area contributed by atoms with Crippen molar-refractivity contribution in [2.24, 2.45) is 0 Å². The van der Waals surface area contributed by atoms with Crippen LogP contribution >= 0.6 is 23.4 Å². The molecular formula is C17H16ClF2NO2S. The fourth-order valence-electron chi connectivity index (χ4n) is 1.84. The van der Waals surface area contributed by atoms with E-state index in [9.17, 15) is 13.6 Å². The van der Waals surface area contributed by atoms with Gasteiger partial charge in [-0.05, 0) is 37.3 Å². The molecular weight excluding hydrogens is 356 g/mol. The molecule has 0 aliphatic carbocycles. The van der Waals surface area contributed by atoms with Gasteiger partial charge in [-0.2, -0.15) is 0 Å². The van der Waals surface area contributed by atoms with Crippen LogP contribution in [0.1, 0.15) is 6.92 Å². The predicted octanol–water partition coefficient (Wildman–Crippen LogP) is 4.76. The van der Waals surface area contributed by atoms with Gasteiger partial charge in [0, 0.05) is 16.8 Å². The molecule has 0 heterocycles. The highest BCUT2D eigenvalue weighted by atomic mass is 35.5. The fourth-order valence-corrected chi connectivity index (χ4v) is 2.77. The quantitative estimate of drug-likeness (QED) is 0.713. The maximum Gasteiger partial charge on any atom is 0.237 e. The van der Waals surface area contributed by atoms with E-state index >= 15 is 0 Å². The minimum atomic E-state index is -0.675. The van der Waals surface area contributed by atoms with Gasteiger partial charge in [0.05, 0.1) is 17.5 Å². The van der Waals surface area contributed by atoms with Crippen molar-refractivity contribution < 1.29 is 18.3 Å². The third-order valence-corrected chi connectivity index (χ3v) is 4.42. The van der Waals surface area contributed by atoms with E-state index in [0.717, 1.165) is 18.2 Å². The summed E-state index contributed by atoms with van der Waals surface area (Å²) in [6.07, 6.45) is 0. The molecule has 128 valence electrons. The summed E-state index contributed by atoms with van der Waals surface area (Å²) in [6, 6.07) is 9.95. The first-order valence-electron chi connectivity index (χ1n) is 7.21. The Hall–Kier alpha value is -1.79. The number of benzene rings is 2. The smallest absolute Gasteiger partial charge is 0.237 e. The van der Waals surface area contributed by atoms with Crippen molar-refractivity contribution in [1.29, 1.82) is 0 Å². The number of halogens is 3. The van der Waals surface area contributed by atoms with E-state index in [0.29, 0.717) is 23.1 Å². The van der Waals surface area contributed by atoms with Crippen LogP contribution in [0, 0.1) is 11.6 Å². The first kappa shape index (κ1) is 18.5. The summed E-state index contributed by atoms with van der Waals surface area (Å²) in [5.41, 5.74) is -0.164. The van der Waals surface area contributed by atoms with E-state index in [2.05, 4.69) is 5.32 Å². The number of ether oxygens (including phenoxy) is 1. The molecule has 3 nitrogen and oxygen atoms in total. The summed E-state index contributed by atoms with van der Waals surface area (Å²) >= 11 is 7.21. The number of nitrogens with one attached hydrogen (secondary N) is 1. The number of hydrogen-bond acceptors (Lipinski definition) is 3. The third-order valence-electron chi connectivity index (χ3n) is 3.07. The van der Waals surface area contributed by atoms with E-state index in [1.54, 1.807) is 31.2 Å². The zero-order valence-corrected chi connectivity index (χ0v) is 14.5. The van der Waals surface area contributed by atoms with Gasteiger partial charge in [0.2, 0.25) is 5.91 Å². The van der Waals surface area contributed by atoms with Gasteiger partial charge in [-0.25, -0.2) is 8.78 Å². The Balaban J connectivity index is 1.76. The molecule has 0 fully saturated rings. The third kappa shape index (κ3) is 5.69. The van der Waals surface area contributed by atoms with Gasteiger partial charge in [0.15, 0.2) is 0 Å². The van der Waals surface area contributed by atoms with E-state index in [4.69, 9.17) is 16.3 Å². The average Bonchev–Trinajstić information content (AvgIpc) is 2.55. The molecule has 24 heavy (non-hydrogen) atoms. The molecule has 0 bridgehead atoms. The van der Waals surface area contributed by atoms with Crippen LogP contribution in [0.4, 0.5) is 14.5 Å². The van der Waals surface area contributed by atoms with Crippen molar-refractivity contribution in [1.82, 2.24) is 0 Å². The second kappa shape index (κ2) is 8.89. The molecule has 0 aliphatic heterocycles. The number of carbonyl (C=O) groups is 1. The van der Waals surface area contributed by atoms with Crippen LogP contribution in [0.25, 0.3) is 0 Å². The van der Waals surface area contributed by atoms with Gasteiger partial charge in [-0.3, -0.25) is 4.79 Å². The van der Waals surface area contributed by atoms with Crippen LogP contribution < -0.4 is 10.1 Å². The molecule has 7 heteroatoms. The number of thioether (sulfide) groups is 1. The highest BCUT2D eigenvalue weighted by Crippen LogP contribution is 2.20. The predicted molar refractivity (Wildman–Crippen MR) is 93.9 cm³/mol. The van der Waals surface area contributed by atoms with Gasteiger partial charge in [0.25, 0.3) is 0 Å². The van der Waals surface area contributed by atoms with Crippen molar-refractivity contribution in [2.75, 3.05) is 17.7 Å². The Morgan fingerprint density at radius 3 is 2.83 bits per heavy atom. The SMILES string of the molecule is CC(SCCOc1cccc(Cl)c1)C(=O)Nc1cc(F)ccc1F. The summed E-state index contributed by atoms with van der Waals surface area (Å²) in [6.45, 7) is 2.09. The Morgan fingerprint density at radius 1 is 1.29 bits per heavy atom. The van der Waals surface area contributed by atoms with Gasteiger partial charge < -0.3 is 10.1 Å². The maximum atomic E-state index is 13.5. The molecule has 1 amide bonds. The molecule has 0 aliphatic rings. The fraction of sp³-hybridized carbons (Fsp3) is 0.235. The molecule has 2 aromatic rings. The highest BCUT2D eigenvalue weighted by molar-refractivity contribution is 8.00. The molecule has 1 N–H and O–H groups in total. The van der Waals surface area contributed by atoms with Crippen LogP contribution in [0.15, 0.2) is 42.5 Å². The molecule has 2 aromatic carbocycles. The Kier molecular flexibility index (Phi) is 6.87. The summed E-state index contributed by atoms with van der Waals surface area (Å²) < 4.78 is 32.1. The summed E-state index contributed by atoms with van der Waals surface area (Å²) in [4.78, 5) is 12.0. The molecule has 2 rings (SSSR count). The number of hydrogen-bond donors (Lipinski definition) is 1. The Morgan fingerprint density at radius 2 is 2.08 bits per heavy atom. The van der Waals surface area contributed by atoms with E-state index in [1.165, 1.54) is 11.8 Å². The molecule has 0 radical (unpaired) electrons. The largest absolute Gasteiger partial charge is 0.493 e. The number of amides is 1. The lowest BCUT2D eigenvalue weighted by Gasteiger charge is -2.13. The molecule has 0 spiro atoms. The van der Waals surface area contributed by atoms with Crippen molar-refractivity contribution in [3.63, 3.8) is 0 Å². The van der Waals surface area contributed by atoms with Crippen molar-refractivity contribution in [2.45, 2.75) is 12.2 Å². The van der Waals surface area contributed by atoms with E-state index < -0.39 is 22.8 Å². The summed E-state index contributed by atoms with van der Waals surface area (Å²) in [7, 11) is 0. The van der Waals surface area contributed by atoms with Crippen LogP contribution in [-0.2, 0) is 4.79 Å². The van der Waals surface area contributed by atoms with Crippen LogP contribution in [0.3, 0.4) is 0 Å². The number of carbonyl (C=O) groups excluding carboxylic acids is 1. The maximum absolute atomic E-state index is 13.5. The van der Waals surface area contributed by atoms with Gasteiger partial charge in [-0.15, -0.1) is 11.8 Å². The lowest BCUT2D eigenvalue weighted by Crippen LogP contribution is -2.24. The molecule has 0 saturated heterocycles. The van der Waals surface area contributed by atoms with Crippen LogP contribution in [-0.4, -0.2) is 23.5 Å². The standard InChI is InChI=1S/C17H16ClF2NO2S/c1-11(17(22)21-16-10-13(19)5-6-15(16)20)24-8-7-23-14-4-2-3-12(18)9-14/h2-6,9-11H,7-8H2,1H3,(H,21,22). The first-order chi connectivity index (χ1) is 11.5. The van der Waals surface area contributed by atoms with Gasteiger partial charge >= 0.3 is 0 Å². The van der Waals surface area contributed by atoms with Gasteiger partial charge in [0.1, 0.15) is 17.4 Å². The summed E-state index contributed by atoms with van der Waals surface area (Å²) in [5, 5.41) is 2.54. The summed E-state index contributed by atoms with van der Waals surface area (Å²) in [5.74, 6) is -0.463. The van der Waals surface area contributed by atoms with Crippen LogP contribution in [0.5, 0.6) is 5.75 Å². The zero-order valence-electron chi connectivity index (χ0n) is 12.9. The molecule has 0 aromatic heterocycles. The molecule has 0 saturated carbocycles. The normalized spacial score (nSPS) is 11.8. The first-order valence-corrected chi connectivity index (χ1v) is 8.64. The lowest BCUT2D eigenvalue weighted by atomic mass is 10.3. The van der Waals surface area contributed by atoms with Crippen molar-refractivity contribution >= 4 is 35.0 Å². The topological polar surface area (TPSA) is 38.3 Å². The molecule has 1 unspecified atom stereocenters. The minimum absolute atomic E-state index is 0.164. The van der Waals surface area contributed by atoms with Gasteiger partial charge in [-0.1, -0.05) is 17.7 Å². The van der Waals surface area contributed by atoms with Crippen molar-refractivity contribution in [3.8, 4) is 5.75 Å². The number of rotatable bonds is 7. The minimum Gasteiger partial charge on any atom is -0.493 e. The highest BCUT2D eigenvalue weighted by Gasteiger charge is 2.15. The Labute approximate surface area is 148 Å². The second-order valence-electron chi connectivity index (χ2n) is 4.93. The second-order valence-corrected chi connectivity index (χ2v) is 6.82. The average molecular weight is 372 g/mol. The monoisotopic (exact) mass is 371 g/mol. The lowest BCUT2D eigenvalue weighted by molar-refractivity contribution is -0.115. The van der Waals surface area contributed by atoms with Crippen molar-refractivity contribution in [3.05, 3.63) is 59.1 Å². The zero-order chi connectivity index (χ0) is 17.5.